The smallest absolute Gasteiger partial charge is 0.263 e. The van der Waals surface area contributed by atoms with Crippen LogP contribution in [0.2, 0.25) is 0 Å². The first kappa shape index (κ1) is 20.6. The molecule has 0 atom stereocenters. The first-order chi connectivity index (χ1) is 15.0. The summed E-state index contributed by atoms with van der Waals surface area (Å²) in [4.78, 5) is 17.4. The lowest BCUT2D eigenvalue weighted by Crippen LogP contribution is -2.22. The summed E-state index contributed by atoms with van der Waals surface area (Å²) in [7, 11) is 0. The lowest BCUT2D eigenvalue weighted by Gasteiger charge is -2.13. The van der Waals surface area contributed by atoms with Gasteiger partial charge in [-0.25, -0.2) is 4.98 Å². The van der Waals surface area contributed by atoms with Crippen LogP contribution in [0.1, 0.15) is 29.3 Å². The zero-order valence-corrected chi connectivity index (χ0v) is 18.3. The number of hydrogen-bond donors (Lipinski definition) is 1. The van der Waals surface area contributed by atoms with E-state index in [-0.39, 0.29) is 12.5 Å². The molecule has 0 saturated heterocycles. The molecule has 2 heterocycles. The second-order valence-corrected chi connectivity index (χ2v) is 7.65. The fourth-order valence-electron chi connectivity index (χ4n) is 3.67. The van der Waals surface area contributed by atoms with Crippen molar-refractivity contribution in [3.8, 4) is 11.6 Å². The zero-order chi connectivity index (χ0) is 22.0. The van der Waals surface area contributed by atoms with Gasteiger partial charge in [-0.15, -0.1) is 0 Å². The zero-order valence-electron chi connectivity index (χ0n) is 18.3. The molecular formula is C25H26N4O2. The number of pyridine rings is 1. The van der Waals surface area contributed by atoms with Gasteiger partial charge in [0.1, 0.15) is 11.6 Å². The minimum absolute atomic E-state index is 0.0788. The number of nitrogens with one attached hydrogen (secondary N) is 1. The van der Waals surface area contributed by atoms with Crippen molar-refractivity contribution in [3.05, 3.63) is 77.0 Å². The second kappa shape index (κ2) is 8.60. The number of nitrogens with zero attached hydrogens (tertiary/aromatic N) is 3. The van der Waals surface area contributed by atoms with E-state index in [1.165, 1.54) is 0 Å². The monoisotopic (exact) mass is 414 g/mol. The van der Waals surface area contributed by atoms with Crippen LogP contribution in [0.5, 0.6) is 5.75 Å². The van der Waals surface area contributed by atoms with Gasteiger partial charge in [-0.2, -0.15) is 9.78 Å². The number of para-hydroxylation sites is 2. The minimum atomic E-state index is -0.249. The second-order valence-electron chi connectivity index (χ2n) is 7.65. The maximum absolute atomic E-state index is 12.6. The summed E-state index contributed by atoms with van der Waals surface area (Å²) in [6.07, 6.45) is 0.843. The molecule has 0 aliphatic heterocycles. The molecule has 0 aliphatic rings. The van der Waals surface area contributed by atoms with Gasteiger partial charge < -0.3 is 10.1 Å². The van der Waals surface area contributed by atoms with Crippen LogP contribution in [0, 0.1) is 20.8 Å². The van der Waals surface area contributed by atoms with Crippen molar-refractivity contribution in [2.45, 2.75) is 34.1 Å². The third-order valence-corrected chi connectivity index (χ3v) is 5.26. The first-order valence-corrected chi connectivity index (χ1v) is 10.4. The van der Waals surface area contributed by atoms with Gasteiger partial charge in [0.05, 0.1) is 11.2 Å². The van der Waals surface area contributed by atoms with E-state index in [1.54, 1.807) is 4.68 Å². The standard InChI is InChI=1S/C25H26N4O2/c1-5-19-10-6-7-12-21(19)31-15-24(30)26-23-14-18(4)28-29(23)22-13-17(3)20-11-8-9-16(2)25(20)27-22/h6-14H,5,15H2,1-4H3,(H,26,30). The summed E-state index contributed by atoms with van der Waals surface area (Å²) in [6, 6.07) is 17.7. The molecule has 0 unspecified atom stereocenters. The van der Waals surface area contributed by atoms with Crippen molar-refractivity contribution in [2.24, 2.45) is 0 Å². The Morgan fingerprint density at radius 2 is 1.84 bits per heavy atom. The highest BCUT2D eigenvalue weighted by molar-refractivity contribution is 5.91. The van der Waals surface area contributed by atoms with E-state index < -0.39 is 0 Å². The van der Waals surface area contributed by atoms with Gasteiger partial charge in [-0.3, -0.25) is 4.79 Å². The molecule has 2 aromatic heterocycles. The number of benzene rings is 2. The molecule has 0 aliphatic carbocycles. The van der Waals surface area contributed by atoms with Crippen molar-refractivity contribution in [3.63, 3.8) is 0 Å². The average Bonchev–Trinajstić information content (AvgIpc) is 3.13. The molecule has 6 nitrogen and oxygen atoms in total. The Labute approximate surface area is 181 Å². The Bertz CT molecular complexity index is 1260. The predicted octanol–water partition coefficient (Wildman–Crippen LogP) is 4.93. The summed E-state index contributed by atoms with van der Waals surface area (Å²) in [5.74, 6) is 1.71. The average molecular weight is 415 g/mol. The molecule has 31 heavy (non-hydrogen) atoms. The largest absolute Gasteiger partial charge is 0.483 e. The van der Waals surface area contributed by atoms with Crippen LogP contribution in [0.3, 0.4) is 0 Å². The summed E-state index contributed by atoms with van der Waals surface area (Å²) in [5.41, 5.74) is 5.00. The molecule has 1 N–H and O–H groups in total. The normalized spacial score (nSPS) is 11.0. The van der Waals surface area contributed by atoms with E-state index >= 15 is 0 Å². The molecular weight excluding hydrogens is 388 g/mol. The summed E-state index contributed by atoms with van der Waals surface area (Å²) < 4.78 is 7.42. The summed E-state index contributed by atoms with van der Waals surface area (Å²) in [6.45, 7) is 7.97. The SMILES string of the molecule is CCc1ccccc1OCC(=O)Nc1cc(C)nn1-c1cc(C)c2cccc(C)c2n1. The van der Waals surface area contributed by atoms with Gasteiger partial charge in [0, 0.05) is 11.5 Å². The fraction of sp³-hybridized carbons (Fsp3) is 0.240. The Morgan fingerprint density at radius 1 is 1.03 bits per heavy atom. The first-order valence-electron chi connectivity index (χ1n) is 10.4. The summed E-state index contributed by atoms with van der Waals surface area (Å²) in [5, 5.41) is 8.58. The van der Waals surface area contributed by atoms with Crippen molar-refractivity contribution in [1.82, 2.24) is 14.8 Å². The highest BCUT2D eigenvalue weighted by Crippen LogP contribution is 2.24. The van der Waals surface area contributed by atoms with Gasteiger partial charge in [0.15, 0.2) is 12.4 Å². The number of fused-ring (bicyclic) bond motifs is 1. The molecule has 4 aromatic rings. The number of anilines is 1. The Morgan fingerprint density at radius 3 is 2.65 bits per heavy atom. The Kier molecular flexibility index (Phi) is 5.71. The number of ether oxygens (including phenoxy) is 1. The van der Waals surface area contributed by atoms with Crippen LogP contribution < -0.4 is 10.1 Å². The van der Waals surface area contributed by atoms with Crippen LogP contribution in [0.4, 0.5) is 5.82 Å². The third kappa shape index (κ3) is 4.28. The van der Waals surface area contributed by atoms with E-state index in [4.69, 9.17) is 9.72 Å². The number of aryl methyl sites for hydroxylation is 4. The maximum Gasteiger partial charge on any atom is 0.263 e. The van der Waals surface area contributed by atoms with Gasteiger partial charge >= 0.3 is 0 Å². The molecule has 4 rings (SSSR count). The van der Waals surface area contributed by atoms with E-state index in [9.17, 15) is 4.79 Å². The van der Waals surface area contributed by atoms with E-state index in [1.807, 2.05) is 62.4 Å². The third-order valence-electron chi connectivity index (χ3n) is 5.26. The number of hydrogen-bond acceptors (Lipinski definition) is 4. The summed E-state index contributed by atoms with van der Waals surface area (Å²) >= 11 is 0. The molecule has 0 radical (unpaired) electrons. The quantitative estimate of drug-likeness (QED) is 0.486. The van der Waals surface area contributed by atoms with Gasteiger partial charge in [-0.05, 0) is 56.0 Å². The maximum atomic E-state index is 12.6. The molecule has 6 heteroatoms. The van der Waals surface area contributed by atoms with Crippen molar-refractivity contribution < 1.29 is 9.53 Å². The highest BCUT2D eigenvalue weighted by atomic mass is 16.5. The Balaban J connectivity index is 1.59. The van der Waals surface area contributed by atoms with Crippen LogP contribution in [0.15, 0.2) is 54.6 Å². The van der Waals surface area contributed by atoms with E-state index in [0.717, 1.165) is 45.5 Å². The lowest BCUT2D eigenvalue weighted by molar-refractivity contribution is -0.118. The molecule has 2 aromatic carbocycles. The lowest BCUT2D eigenvalue weighted by atomic mass is 10.1. The van der Waals surface area contributed by atoms with E-state index in [2.05, 4.69) is 30.3 Å². The minimum Gasteiger partial charge on any atom is -0.483 e. The molecule has 158 valence electrons. The number of aromatic nitrogens is 3. The molecule has 0 fully saturated rings. The Hall–Kier alpha value is -3.67. The topological polar surface area (TPSA) is 69.0 Å². The van der Waals surface area contributed by atoms with Gasteiger partial charge in [0.25, 0.3) is 5.91 Å². The number of carbonyl (C=O) groups is 1. The van der Waals surface area contributed by atoms with E-state index in [0.29, 0.717) is 11.6 Å². The number of carbonyl (C=O) groups excluding carboxylic acids is 1. The molecule has 0 bridgehead atoms. The molecule has 1 amide bonds. The van der Waals surface area contributed by atoms with Crippen LogP contribution in [-0.2, 0) is 11.2 Å². The molecule has 0 saturated carbocycles. The van der Waals surface area contributed by atoms with Crippen LogP contribution in [0.25, 0.3) is 16.7 Å². The van der Waals surface area contributed by atoms with Crippen molar-refractivity contribution >= 4 is 22.6 Å². The predicted molar refractivity (Wildman–Crippen MR) is 123 cm³/mol. The van der Waals surface area contributed by atoms with Crippen LogP contribution in [-0.4, -0.2) is 27.3 Å². The van der Waals surface area contributed by atoms with Crippen molar-refractivity contribution in [1.29, 1.82) is 0 Å². The van der Waals surface area contributed by atoms with Gasteiger partial charge in [0.2, 0.25) is 0 Å². The molecule has 0 spiro atoms. The fourth-order valence-corrected chi connectivity index (χ4v) is 3.67. The number of amides is 1. The number of rotatable bonds is 6. The highest BCUT2D eigenvalue weighted by Gasteiger charge is 2.15. The van der Waals surface area contributed by atoms with Crippen LogP contribution >= 0.6 is 0 Å². The van der Waals surface area contributed by atoms with Gasteiger partial charge in [-0.1, -0.05) is 43.3 Å². The van der Waals surface area contributed by atoms with Crippen molar-refractivity contribution in [2.75, 3.05) is 11.9 Å².